The number of alkyl halides is 3. The van der Waals surface area contributed by atoms with E-state index in [2.05, 4.69) is 4.43 Å². The third kappa shape index (κ3) is 7.97. The van der Waals surface area contributed by atoms with Crippen LogP contribution in [-0.2, 0) is 4.43 Å². The summed E-state index contributed by atoms with van der Waals surface area (Å²) < 4.78 is 37.2. The fourth-order valence-electron chi connectivity index (χ4n) is 0.332. The van der Waals surface area contributed by atoms with Gasteiger partial charge in [-0.05, 0) is 6.04 Å². The van der Waals surface area contributed by atoms with Gasteiger partial charge in [0, 0.05) is 0 Å². The topological polar surface area (TPSA) is 9.23 Å². The molecule has 0 aromatic rings. The Morgan fingerprint density at radius 3 is 2.33 bits per heavy atom. The van der Waals surface area contributed by atoms with Crippen molar-refractivity contribution in [3.63, 3.8) is 0 Å². The molecule has 1 nitrogen and oxygen atoms in total. The second-order valence-corrected chi connectivity index (χ2v) is 3.05. The van der Waals surface area contributed by atoms with E-state index in [0.717, 1.165) is 6.42 Å². The average molecular weight is 158 g/mol. The molecule has 0 aliphatic carbocycles. The van der Waals surface area contributed by atoms with Crippen molar-refractivity contribution in [2.24, 2.45) is 0 Å². The van der Waals surface area contributed by atoms with Gasteiger partial charge in [-0.1, -0.05) is 13.3 Å². The van der Waals surface area contributed by atoms with Crippen LogP contribution in [0.25, 0.3) is 0 Å². The van der Waals surface area contributed by atoms with E-state index in [1.807, 2.05) is 6.92 Å². The van der Waals surface area contributed by atoms with Gasteiger partial charge in [0.2, 0.25) is 0 Å². The van der Waals surface area contributed by atoms with E-state index < -0.39 is 16.1 Å². The monoisotopic (exact) mass is 158 g/mol. The summed E-state index contributed by atoms with van der Waals surface area (Å²) in [6.45, 7) is 1.84. The van der Waals surface area contributed by atoms with Crippen molar-refractivity contribution >= 4 is 9.76 Å². The predicted octanol–water partition coefficient (Wildman–Crippen LogP) is 1.43. The lowest BCUT2D eigenvalue weighted by atomic mass is 10.6. The average Bonchev–Trinajstić information content (AvgIpc) is 1.63. The summed E-state index contributed by atoms with van der Waals surface area (Å²) in [7, 11) is -1.32. The Labute approximate surface area is 54.1 Å². The molecule has 0 saturated carbocycles. The van der Waals surface area contributed by atoms with Crippen molar-refractivity contribution in [2.75, 3.05) is 0 Å². The third-order valence-electron chi connectivity index (χ3n) is 0.764. The van der Waals surface area contributed by atoms with Gasteiger partial charge in [-0.2, -0.15) is 0 Å². The van der Waals surface area contributed by atoms with E-state index in [-0.39, 0.29) is 0 Å². The molecule has 0 heterocycles. The molecule has 0 radical (unpaired) electrons. The van der Waals surface area contributed by atoms with Gasteiger partial charge in [0.1, 0.15) is 0 Å². The van der Waals surface area contributed by atoms with Crippen molar-refractivity contribution in [1.29, 1.82) is 0 Å². The second-order valence-electron chi connectivity index (χ2n) is 1.65. The van der Waals surface area contributed by atoms with Crippen LogP contribution in [0.1, 0.15) is 13.3 Å². The van der Waals surface area contributed by atoms with Crippen LogP contribution in [0.3, 0.4) is 0 Å². The van der Waals surface area contributed by atoms with E-state index in [9.17, 15) is 13.2 Å². The zero-order chi connectivity index (χ0) is 7.33. The number of rotatable bonds is 3. The number of halogens is 3. The Bertz CT molecular complexity index is 72.7. The van der Waals surface area contributed by atoms with Gasteiger partial charge >= 0.3 is 6.36 Å². The quantitative estimate of drug-likeness (QED) is 0.446. The molecular weight excluding hydrogens is 149 g/mol. The molecule has 0 aliphatic heterocycles. The van der Waals surface area contributed by atoms with Gasteiger partial charge < -0.3 is 4.43 Å². The van der Waals surface area contributed by atoms with E-state index in [1.54, 1.807) is 0 Å². The highest BCUT2D eigenvalue weighted by molar-refractivity contribution is 6.27. The van der Waals surface area contributed by atoms with E-state index >= 15 is 0 Å². The molecule has 0 amide bonds. The molecule has 0 fully saturated rings. The summed E-state index contributed by atoms with van der Waals surface area (Å²) in [6, 6.07) is 0.597. The summed E-state index contributed by atoms with van der Waals surface area (Å²) in [5.74, 6) is 0. The first-order valence-corrected chi connectivity index (χ1v) is 4.34. The molecule has 0 aromatic heterocycles. The lowest BCUT2D eigenvalue weighted by molar-refractivity contribution is -0.276. The van der Waals surface area contributed by atoms with Crippen molar-refractivity contribution < 1.29 is 17.6 Å². The Hall–Kier alpha value is -0.0331. The largest absolute Gasteiger partial charge is 0.512 e. The first-order chi connectivity index (χ1) is 4.06. The number of hydrogen-bond donors (Lipinski definition) is 0. The summed E-state index contributed by atoms with van der Waals surface area (Å²) in [4.78, 5) is 0. The first kappa shape index (κ1) is 8.97. The molecule has 0 atom stereocenters. The molecule has 0 saturated heterocycles. The lowest BCUT2D eigenvalue weighted by Gasteiger charge is -2.04. The Kier molecular flexibility index (Phi) is 3.88. The fraction of sp³-hybridized carbons (Fsp3) is 1.00. The van der Waals surface area contributed by atoms with Gasteiger partial charge in [-0.25, -0.2) is 0 Å². The Balaban J connectivity index is 3.07. The molecule has 0 rings (SSSR count). The van der Waals surface area contributed by atoms with Gasteiger partial charge in [0.25, 0.3) is 0 Å². The van der Waals surface area contributed by atoms with Crippen LogP contribution in [0.2, 0.25) is 6.04 Å². The van der Waals surface area contributed by atoms with Gasteiger partial charge in [-0.3, -0.25) is 0 Å². The van der Waals surface area contributed by atoms with Crippen molar-refractivity contribution in [3.8, 4) is 0 Å². The highest BCUT2D eigenvalue weighted by Gasteiger charge is 2.27. The van der Waals surface area contributed by atoms with Crippen LogP contribution < -0.4 is 0 Å². The molecule has 0 spiro atoms. The Morgan fingerprint density at radius 2 is 2.00 bits per heavy atom. The molecule has 9 heavy (non-hydrogen) atoms. The molecule has 56 valence electrons. The highest BCUT2D eigenvalue weighted by atomic mass is 28.2. The molecule has 0 bridgehead atoms. The maximum absolute atomic E-state index is 11.2. The third-order valence-corrected chi connectivity index (χ3v) is 2.29. The maximum atomic E-state index is 11.2. The summed E-state index contributed by atoms with van der Waals surface area (Å²) in [5, 5.41) is 0. The summed E-state index contributed by atoms with van der Waals surface area (Å²) >= 11 is 0. The standard InChI is InChI=1S/C4H9F3OSi/c1-2-3-9-8-4(5,6)7/h2-3,9H2,1H3. The minimum atomic E-state index is -4.39. The van der Waals surface area contributed by atoms with E-state index in [4.69, 9.17) is 0 Å². The van der Waals surface area contributed by atoms with Crippen LogP contribution in [0.4, 0.5) is 13.2 Å². The van der Waals surface area contributed by atoms with Gasteiger partial charge in [-0.15, -0.1) is 13.2 Å². The molecular formula is C4H9F3OSi. The van der Waals surface area contributed by atoms with Gasteiger partial charge in [0.15, 0.2) is 9.76 Å². The van der Waals surface area contributed by atoms with Crippen LogP contribution >= 0.6 is 0 Å². The minimum Gasteiger partial charge on any atom is -0.342 e. The normalized spacial score (nSPS) is 13.3. The number of hydrogen-bond acceptors (Lipinski definition) is 1. The highest BCUT2D eigenvalue weighted by Crippen LogP contribution is 2.15. The summed E-state index contributed by atoms with van der Waals surface area (Å²) in [5.41, 5.74) is 0. The van der Waals surface area contributed by atoms with Crippen LogP contribution in [0.15, 0.2) is 0 Å². The van der Waals surface area contributed by atoms with Gasteiger partial charge in [0.05, 0.1) is 0 Å². The van der Waals surface area contributed by atoms with Crippen molar-refractivity contribution in [1.82, 2.24) is 0 Å². The molecule has 0 unspecified atom stereocenters. The summed E-state index contributed by atoms with van der Waals surface area (Å²) in [6.07, 6.45) is -3.61. The van der Waals surface area contributed by atoms with Crippen molar-refractivity contribution in [3.05, 3.63) is 0 Å². The van der Waals surface area contributed by atoms with Crippen LogP contribution in [0.5, 0.6) is 0 Å². The maximum Gasteiger partial charge on any atom is 0.512 e. The SMILES string of the molecule is CCC[SiH2]OC(F)(F)F. The second kappa shape index (κ2) is 3.89. The molecule has 0 aliphatic rings. The molecule has 5 heteroatoms. The zero-order valence-electron chi connectivity index (χ0n) is 5.16. The van der Waals surface area contributed by atoms with E-state index in [0.29, 0.717) is 6.04 Å². The van der Waals surface area contributed by atoms with E-state index in [1.165, 1.54) is 0 Å². The molecule has 0 aromatic carbocycles. The lowest BCUT2D eigenvalue weighted by Crippen LogP contribution is -2.15. The minimum absolute atomic E-state index is 0.597. The Morgan fingerprint density at radius 1 is 1.44 bits per heavy atom. The molecule has 0 N–H and O–H groups in total. The first-order valence-electron chi connectivity index (χ1n) is 2.77. The zero-order valence-corrected chi connectivity index (χ0v) is 6.58. The predicted molar refractivity (Wildman–Crippen MR) is 30.8 cm³/mol. The van der Waals surface area contributed by atoms with Crippen LogP contribution in [0, 0.1) is 0 Å². The van der Waals surface area contributed by atoms with Crippen molar-refractivity contribution in [2.45, 2.75) is 25.8 Å². The van der Waals surface area contributed by atoms with Crippen LogP contribution in [-0.4, -0.2) is 16.1 Å². The fourth-order valence-corrected chi connectivity index (χ4v) is 0.997. The smallest absolute Gasteiger partial charge is 0.342 e.